The van der Waals surface area contributed by atoms with Gasteiger partial charge in [-0.1, -0.05) is 13.3 Å². The molecule has 6 heteroatoms. The zero-order valence-electron chi connectivity index (χ0n) is 12.1. The van der Waals surface area contributed by atoms with E-state index in [0.717, 1.165) is 25.8 Å². The first-order valence-electron chi connectivity index (χ1n) is 7.64. The highest BCUT2D eigenvalue weighted by molar-refractivity contribution is 5.82. The number of nitrogens with zero attached hydrogens (tertiary/aromatic N) is 1. The van der Waals surface area contributed by atoms with Crippen molar-refractivity contribution in [3.8, 4) is 0 Å². The van der Waals surface area contributed by atoms with Gasteiger partial charge in [-0.05, 0) is 38.6 Å². The fourth-order valence-electron chi connectivity index (χ4n) is 3.29. The molecular formula is C14H25N3O3. The van der Waals surface area contributed by atoms with Crippen molar-refractivity contribution in [1.82, 2.24) is 15.5 Å². The van der Waals surface area contributed by atoms with Gasteiger partial charge in [-0.3, -0.25) is 0 Å². The molecule has 2 fully saturated rings. The molecule has 0 aromatic rings. The zero-order valence-corrected chi connectivity index (χ0v) is 12.1. The van der Waals surface area contributed by atoms with Gasteiger partial charge in [-0.25, -0.2) is 9.59 Å². The van der Waals surface area contributed by atoms with E-state index in [1.54, 1.807) is 0 Å². The van der Waals surface area contributed by atoms with Gasteiger partial charge in [0.1, 0.15) is 6.04 Å². The Morgan fingerprint density at radius 1 is 1.35 bits per heavy atom. The van der Waals surface area contributed by atoms with Crippen LogP contribution in [0.15, 0.2) is 0 Å². The first-order valence-corrected chi connectivity index (χ1v) is 7.64. The van der Waals surface area contributed by atoms with Crippen molar-refractivity contribution in [3.05, 3.63) is 0 Å². The van der Waals surface area contributed by atoms with Crippen LogP contribution in [0.3, 0.4) is 0 Å². The lowest BCUT2D eigenvalue weighted by Crippen LogP contribution is -2.52. The van der Waals surface area contributed by atoms with Crippen molar-refractivity contribution < 1.29 is 14.7 Å². The maximum absolute atomic E-state index is 11.9. The monoisotopic (exact) mass is 283 g/mol. The van der Waals surface area contributed by atoms with Crippen molar-refractivity contribution in [2.45, 2.75) is 63.6 Å². The molecule has 0 spiro atoms. The summed E-state index contributed by atoms with van der Waals surface area (Å²) < 4.78 is 0. The van der Waals surface area contributed by atoms with Gasteiger partial charge in [0, 0.05) is 18.6 Å². The second kappa shape index (κ2) is 6.92. The van der Waals surface area contributed by atoms with Gasteiger partial charge in [-0.15, -0.1) is 0 Å². The third-order valence-electron chi connectivity index (χ3n) is 4.34. The molecule has 0 aromatic carbocycles. The second-order valence-corrected chi connectivity index (χ2v) is 5.85. The lowest BCUT2D eigenvalue weighted by Gasteiger charge is -2.35. The Morgan fingerprint density at radius 3 is 2.85 bits per heavy atom. The number of fused-ring (bicyclic) bond motifs is 1. The number of carboxylic acid groups (broad SMARTS) is 1. The number of rotatable bonds is 5. The number of nitrogens with one attached hydrogen (secondary N) is 2. The summed E-state index contributed by atoms with van der Waals surface area (Å²) in [4.78, 5) is 25.4. The zero-order chi connectivity index (χ0) is 14.5. The average molecular weight is 283 g/mol. The molecule has 3 N–H and O–H groups in total. The van der Waals surface area contributed by atoms with E-state index in [2.05, 4.69) is 15.5 Å². The minimum atomic E-state index is -0.965. The second-order valence-electron chi connectivity index (χ2n) is 5.85. The molecule has 3 atom stereocenters. The van der Waals surface area contributed by atoms with Crippen molar-refractivity contribution in [1.29, 1.82) is 0 Å². The van der Waals surface area contributed by atoms with Crippen LogP contribution in [0, 0.1) is 0 Å². The molecule has 2 heterocycles. The van der Waals surface area contributed by atoms with Crippen LogP contribution in [0.25, 0.3) is 0 Å². The van der Waals surface area contributed by atoms with Crippen LogP contribution in [-0.2, 0) is 4.79 Å². The molecule has 114 valence electrons. The Kier molecular flexibility index (Phi) is 5.23. The number of hydrogen-bond donors (Lipinski definition) is 3. The molecule has 6 nitrogen and oxygen atoms in total. The molecule has 20 heavy (non-hydrogen) atoms. The molecule has 0 radical (unpaired) electrons. The summed E-state index contributed by atoms with van der Waals surface area (Å²) in [5.41, 5.74) is 0. The molecule has 2 aliphatic rings. The number of carboxylic acids is 1. The van der Waals surface area contributed by atoms with Gasteiger partial charge in [0.05, 0.1) is 0 Å². The molecule has 2 unspecified atom stereocenters. The van der Waals surface area contributed by atoms with Gasteiger partial charge >= 0.3 is 12.0 Å². The van der Waals surface area contributed by atoms with Crippen molar-refractivity contribution >= 4 is 12.0 Å². The topological polar surface area (TPSA) is 81.7 Å². The lowest BCUT2D eigenvalue weighted by atomic mass is 9.98. The van der Waals surface area contributed by atoms with E-state index in [1.807, 2.05) is 6.92 Å². The van der Waals surface area contributed by atoms with E-state index in [0.29, 0.717) is 12.5 Å². The van der Waals surface area contributed by atoms with E-state index in [1.165, 1.54) is 19.4 Å². The Hall–Kier alpha value is -1.30. The van der Waals surface area contributed by atoms with Gasteiger partial charge in [-0.2, -0.15) is 0 Å². The number of piperidine rings is 1. The summed E-state index contributed by atoms with van der Waals surface area (Å²) in [5.74, 6) is -0.965. The van der Waals surface area contributed by atoms with Gasteiger partial charge in [0.15, 0.2) is 0 Å². The van der Waals surface area contributed by atoms with Crippen molar-refractivity contribution in [2.75, 3.05) is 13.1 Å². The number of hydrogen-bond acceptors (Lipinski definition) is 3. The highest BCUT2D eigenvalue weighted by atomic mass is 16.4. The Morgan fingerprint density at radius 2 is 2.15 bits per heavy atom. The molecule has 2 aliphatic heterocycles. The standard InChI is InChI=1S/C14H25N3O3/c1-2-4-12(13(18)19)16-14(20)15-10-6-8-17-7-3-5-11(17)9-10/h10-12H,2-9H2,1H3,(H,18,19)(H2,15,16,20)/t10?,11?,12-/m0/s1. The molecule has 2 rings (SSSR count). The first-order chi connectivity index (χ1) is 9.60. The van der Waals surface area contributed by atoms with E-state index in [-0.39, 0.29) is 12.1 Å². The Labute approximate surface area is 119 Å². The maximum Gasteiger partial charge on any atom is 0.326 e. The third kappa shape index (κ3) is 3.85. The van der Waals surface area contributed by atoms with Crippen LogP contribution in [0.1, 0.15) is 45.4 Å². The Balaban J connectivity index is 1.77. The summed E-state index contributed by atoms with van der Waals surface area (Å²) in [7, 11) is 0. The summed E-state index contributed by atoms with van der Waals surface area (Å²) in [5, 5.41) is 14.5. The highest BCUT2D eigenvalue weighted by Gasteiger charge is 2.32. The number of carbonyl (C=O) groups excluding carboxylic acids is 1. The maximum atomic E-state index is 11.9. The molecule has 2 saturated heterocycles. The highest BCUT2D eigenvalue weighted by Crippen LogP contribution is 2.26. The predicted octanol–water partition coefficient (Wildman–Crippen LogP) is 1.17. The minimum absolute atomic E-state index is 0.172. The van der Waals surface area contributed by atoms with E-state index in [9.17, 15) is 9.59 Å². The van der Waals surface area contributed by atoms with Crippen LogP contribution in [0.4, 0.5) is 4.79 Å². The fraction of sp³-hybridized carbons (Fsp3) is 0.857. The first kappa shape index (κ1) is 15.1. The van der Waals surface area contributed by atoms with E-state index in [4.69, 9.17) is 5.11 Å². The van der Waals surface area contributed by atoms with Crippen LogP contribution < -0.4 is 10.6 Å². The van der Waals surface area contributed by atoms with Crippen LogP contribution in [0.5, 0.6) is 0 Å². The minimum Gasteiger partial charge on any atom is -0.480 e. The van der Waals surface area contributed by atoms with Crippen molar-refractivity contribution in [3.63, 3.8) is 0 Å². The quantitative estimate of drug-likeness (QED) is 0.707. The number of carbonyl (C=O) groups is 2. The number of urea groups is 1. The lowest BCUT2D eigenvalue weighted by molar-refractivity contribution is -0.139. The van der Waals surface area contributed by atoms with Gasteiger partial charge in [0.25, 0.3) is 0 Å². The Bertz CT molecular complexity index is 362. The normalized spacial score (nSPS) is 27.6. The van der Waals surface area contributed by atoms with E-state index < -0.39 is 12.0 Å². The molecule has 0 aromatic heterocycles. The van der Waals surface area contributed by atoms with Gasteiger partial charge < -0.3 is 20.6 Å². The molecular weight excluding hydrogens is 258 g/mol. The van der Waals surface area contributed by atoms with Crippen LogP contribution >= 0.6 is 0 Å². The summed E-state index contributed by atoms with van der Waals surface area (Å²) in [6.45, 7) is 4.12. The number of amides is 2. The smallest absolute Gasteiger partial charge is 0.326 e. The molecule has 0 bridgehead atoms. The van der Waals surface area contributed by atoms with Crippen molar-refractivity contribution in [2.24, 2.45) is 0 Å². The molecule has 0 aliphatic carbocycles. The average Bonchev–Trinajstić information content (AvgIpc) is 2.85. The summed E-state index contributed by atoms with van der Waals surface area (Å²) in [6, 6.07) is -0.362. The summed E-state index contributed by atoms with van der Waals surface area (Å²) >= 11 is 0. The van der Waals surface area contributed by atoms with Gasteiger partial charge in [0.2, 0.25) is 0 Å². The molecule has 2 amide bonds. The summed E-state index contributed by atoms with van der Waals surface area (Å²) in [6.07, 6.45) is 5.60. The SMILES string of the molecule is CCC[C@H](NC(=O)NC1CCN2CCCC2C1)C(=O)O. The fourth-order valence-corrected chi connectivity index (χ4v) is 3.29. The van der Waals surface area contributed by atoms with Crippen LogP contribution in [0.2, 0.25) is 0 Å². The third-order valence-corrected chi connectivity index (χ3v) is 4.34. The largest absolute Gasteiger partial charge is 0.480 e. The van der Waals surface area contributed by atoms with Crippen LogP contribution in [-0.4, -0.2) is 53.2 Å². The predicted molar refractivity (Wildman–Crippen MR) is 75.6 cm³/mol. The molecule has 0 saturated carbocycles. The number of aliphatic carboxylic acids is 1. The van der Waals surface area contributed by atoms with E-state index >= 15 is 0 Å².